The molecule has 3 heterocycles. The molecule has 0 aliphatic carbocycles. The van der Waals surface area contributed by atoms with Gasteiger partial charge in [-0.1, -0.05) is 23.4 Å². The third-order valence-corrected chi connectivity index (χ3v) is 10.5. The molecule has 4 aromatic rings. The lowest BCUT2D eigenvalue weighted by molar-refractivity contribution is -0.134. The second-order valence-corrected chi connectivity index (χ2v) is 14.8. The average Bonchev–Trinajstić information content (AvgIpc) is 3.82. The normalized spacial score (nSPS) is 14.9. The van der Waals surface area contributed by atoms with E-state index in [0.29, 0.717) is 100 Å². The van der Waals surface area contributed by atoms with E-state index in [1.54, 1.807) is 30.3 Å². The van der Waals surface area contributed by atoms with Gasteiger partial charge >= 0.3 is 0 Å². The van der Waals surface area contributed by atoms with Crippen molar-refractivity contribution in [2.45, 2.75) is 44.2 Å². The zero-order valence-corrected chi connectivity index (χ0v) is 34.9. The quantitative estimate of drug-likeness (QED) is 0.0159. The molecular weight excluding hydrogens is 803 g/mol. The number of carbonyl (C=O) groups is 5. The monoisotopic (exact) mass is 855 g/mol. The number of ether oxygens (including phenoxy) is 4. The number of amides is 4. The van der Waals surface area contributed by atoms with Crippen LogP contribution in [-0.4, -0.2) is 141 Å². The number of amidine groups is 1. The zero-order chi connectivity index (χ0) is 44.0. The number of aldehydes is 1. The number of nitrogens with one attached hydrogen (secondary N) is 2. The highest BCUT2D eigenvalue weighted by Gasteiger charge is 2.44. The summed E-state index contributed by atoms with van der Waals surface area (Å²) in [7, 11) is 3.07. The molecule has 2 aliphatic rings. The maximum atomic E-state index is 13.4. The number of rotatable bonds is 23. The Kier molecular flexibility index (Phi) is 15.9. The summed E-state index contributed by atoms with van der Waals surface area (Å²) in [5, 5.41) is 11.9. The Hall–Kier alpha value is -6.41. The van der Waals surface area contributed by atoms with Gasteiger partial charge < -0.3 is 49.1 Å². The van der Waals surface area contributed by atoms with Crippen LogP contribution in [0.5, 0.6) is 5.75 Å². The highest BCUT2D eigenvalue weighted by Crippen LogP contribution is 2.34. The molecule has 6 rings (SSSR count). The maximum Gasteiger partial charge on any atom is 0.264 e. The molecule has 1 aromatic heterocycles. The number of imide groups is 1. The molecule has 1 fully saturated rings. The van der Waals surface area contributed by atoms with E-state index < -0.39 is 23.8 Å². The molecule has 19 nitrogen and oxygen atoms in total. The van der Waals surface area contributed by atoms with Crippen LogP contribution in [-0.2, 0) is 28.6 Å². The van der Waals surface area contributed by atoms with Gasteiger partial charge in [-0.3, -0.25) is 24.1 Å². The molecule has 2 aliphatic heterocycles. The lowest BCUT2D eigenvalue weighted by atomic mass is 10.0. The second kappa shape index (κ2) is 21.9. The average molecular weight is 856 g/mol. The van der Waals surface area contributed by atoms with Gasteiger partial charge in [0.25, 0.3) is 11.8 Å². The van der Waals surface area contributed by atoms with Gasteiger partial charge in [-0.2, -0.15) is 0 Å². The molecule has 0 spiro atoms. The van der Waals surface area contributed by atoms with E-state index >= 15 is 0 Å². The molecular formula is C43H53N9O10. The van der Waals surface area contributed by atoms with Crippen LogP contribution < -0.4 is 27.2 Å². The predicted octanol–water partition coefficient (Wildman–Crippen LogP) is 2.53. The number of benzene rings is 3. The van der Waals surface area contributed by atoms with Crippen LogP contribution in [0, 0.1) is 0 Å². The molecule has 0 radical (unpaired) electrons. The van der Waals surface area contributed by atoms with Crippen molar-refractivity contribution in [1.29, 1.82) is 0 Å². The van der Waals surface area contributed by atoms with Crippen LogP contribution in [0.25, 0.3) is 22.2 Å². The van der Waals surface area contributed by atoms with Crippen LogP contribution in [0.15, 0.2) is 70.3 Å². The molecule has 1 saturated heterocycles. The lowest BCUT2D eigenvalue weighted by Gasteiger charge is -2.32. The number of carbonyl (C=O) groups excluding carboxylic acids is 5. The number of hydrazone groups is 1. The van der Waals surface area contributed by atoms with Crippen molar-refractivity contribution in [3.8, 4) is 17.1 Å². The number of nitrogens with two attached hydrogens (primary N) is 2. The van der Waals surface area contributed by atoms with E-state index in [0.717, 1.165) is 15.8 Å². The lowest BCUT2D eigenvalue weighted by Crippen LogP contribution is -2.49. The van der Waals surface area contributed by atoms with Crippen LogP contribution in [0.2, 0.25) is 0 Å². The van der Waals surface area contributed by atoms with Gasteiger partial charge in [-0.05, 0) is 48.9 Å². The minimum absolute atomic E-state index is 0.0323. The molecule has 4 amide bonds. The van der Waals surface area contributed by atoms with E-state index in [-0.39, 0.29) is 54.8 Å². The van der Waals surface area contributed by atoms with Gasteiger partial charge in [0.2, 0.25) is 11.8 Å². The summed E-state index contributed by atoms with van der Waals surface area (Å²) in [4.78, 5) is 67.5. The first-order valence-electron chi connectivity index (χ1n) is 20.5. The standard InChI is InChI=1S/C43H53N9O10/c1-50(2)42(56)36(10-5-19-53)52-41(55)32-8-4-9-35(38(32)43(52)57)46-16-21-59-23-25-60-24-22-58-20-15-37(54)51-17-13-30(14-18-51)61-31-7-3-6-28(26-31)39-33-27-29(40(44)47-49-45)11-12-34(33)48-62-39/h3-4,6-9,11-12,19,26-27,30,36,46,49H,5,10,13-18,20-25,45H2,1-2H3,(H2,44,47). The summed E-state index contributed by atoms with van der Waals surface area (Å²) in [5.41, 5.74) is 11.2. The van der Waals surface area contributed by atoms with E-state index in [2.05, 4.69) is 21.1 Å². The zero-order valence-electron chi connectivity index (χ0n) is 34.9. The molecule has 0 saturated carbocycles. The summed E-state index contributed by atoms with van der Waals surface area (Å²) in [6, 6.07) is 16.9. The van der Waals surface area contributed by atoms with Crippen molar-refractivity contribution in [3.05, 3.63) is 77.4 Å². The summed E-state index contributed by atoms with van der Waals surface area (Å²) in [6.07, 6.45) is 2.36. The highest BCUT2D eigenvalue weighted by molar-refractivity contribution is 6.25. The minimum atomic E-state index is -1.08. The Morgan fingerprint density at radius 1 is 0.968 bits per heavy atom. The van der Waals surface area contributed by atoms with Gasteiger partial charge in [0.1, 0.15) is 29.7 Å². The van der Waals surface area contributed by atoms with Gasteiger partial charge in [0.15, 0.2) is 11.6 Å². The van der Waals surface area contributed by atoms with E-state index in [4.69, 9.17) is 35.0 Å². The third kappa shape index (κ3) is 11.1. The fraction of sp³-hybridized carbons (Fsp3) is 0.419. The number of hydrogen-bond acceptors (Lipinski definition) is 15. The fourth-order valence-corrected chi connectivity index (χ4v) is 7.31. The van der Waals surface area contributed by atoms with Crippen molar-refractivity contribution < 1.29 is 47.4 Å². The Morgan fingerprint density at radius 2 is 1.69 bits per heavy atom. The van der Waals surface area contributed by atoms with Crippen molar-refractivity contribution in [3.63, 3.8) is 0 Å². The molecule has 0 bridgehead atoms. The SMILES string of the molecule is CN(C)C(=O)C(CCC=O)N1C(=O)c2cccc(NCCOCCOCCOCCC(=O)N3CCC(Oc4cccc(-c5onc6ccc(/C(N)=N/NN)cc56)c4)CC3)c2C1=O. The van der Waals surface area contributed by atoms with E-state index in [1.165, 1.54) is 19.0 Å². The summed E-state index contributed by atoms with van der Waals surface area (Å²) >= 11 is 0. The maximum absolute atomic E-state index is 13.4. The number of fused-ring (bicyclic) bond motifs is 2. The largest absolute Gasteiger partial charge is 0.490 e. The molecule has 1 atom stereocenters. The van der Waals surface area contributed by atoms with Crippen molar-refractivity contribution >= 4 is 52.3 Å². The summed E-state index contributed by atoms with van der Waals surface area (Å²) in [5.74, 6) is 5.23. The Balaban J connectivity index is 0.825. The highest BCUT2D eigenvalue weighted by atomic mass is 16.5. The number of likely N-dealkylation sites (tertiary alicyclic amines) is 1. The molecule has 6 N–H and O–H groups in total. The van der Waals surface area contributed by atoms with E-state index in [9.17, 15) is 24.0 Å². The van der Waals surface area contributed by atoms with Gasteiger partial charge in [0, 0.05) is 69.8 Å². The Bertz CT molecular complexity index is 2240. The van der Waals surface area contributed by atoms with Crippen LogP contribution in [0.1, 0.15) is 58.4 Å². The molecule has 330 valence electrons. The Labute approximate surface area is 358 Å². The molecule has 19 heteroatoms. The first-order chi connectivity index (χ1) is 30.1. The number of likely N-dealkylation sites (N-methyl/N-ethyl adjacent to an activating group) is 1. The van der Waals surface area contributed by atoms with Crippen molar-refractivity contribution in [2.75, 3.05) is 78.7 Å². The molecule has 3 aromatic carbocycles. The third-order valence-electron chi connectivity index (χ3n) is 10.5. The van der Waals surface area contributed by atoms with Gasteiger partial charge in [-0.15, -0.1) is 5.10 Å². The summed E-state index contributed by atoms with van der Waals surface area (Å²) < 4.78 is 28.9. The van der Waals surface area contributed by atoms with Crippen LogP contribution in [0.4, 0.5) is 5.69 Å². The van der Waals surface area contributed by atoms with E-state index in [1.807, 2.05) is 35.2 Å². The Morgan fingerprint density at radius 3 is 2.42 bits per heavy atom. The smallest absolute Gasteiger partial charge is 0.264 e. The summed E-state index contributed by atoms with van der Waals surface area (Å²) in [6.45, 7) is 3.47. The number of nitrogens with zero attached hydrogens (tertiary/aromatic N) is 5. The number of hydrazine groups is 1. The van der Waals surface area contributed by atoms with Crippen LogP contribution in [0.3, 0.4) is 0 Å². The van der Waals surface area contributed by atoms with Gasteiger partial charge in [-0.25, -0.2) is 11.4 Å². The first kappa shape index (κ1) is 45.1. The topological polar surface area (TPSA) is 246 Å². The minimum Gasteiger partial charge on any atom is -0.490 e. The van der Waals surface area contributed by atoms with Gasteiger partial charge in [0.05, 0.1) is 62.6 Å². The second-order valence-electron chi connectivity index (χ2n) is 14.8. The number of aromatic nitrogens is 1. The fourth-order valence-electron chi connectivity index (χ4n) is 7.31. The van der Waals surface area contributed by atoms with Crippen molar-refractivity contribution in [1.82, 2.24) is 25.4 Å². The molecule has 62 heavy (non-hydrogen) atoms. The van der Waals surface area contributed by atoms with Crippen molar-refractivity contribution in [2.24, 2.45) is 16.7 Å². The predicted molar refractivity (Wildman–Crippen MR) is 228 cm³/mol. The number of hydrogen-bond donors (Lipinski definition) is 4. The first-order valence-corrected chi connectivity index (χ1v) is 20.5. The molecule has 1 unspecified atom stereocenters. The number of anilines is 1. The van der Waals surface area contributed by atoms with Crippen LogP contribution >= 0.6 is 0 Å². The number of piperidine rings is 1.